The quantitative estimate of drug-likeness (QED) is 0.903. The van der Waals surface area contributed by atoms with E-state index in [2.05, 4.69) is 10.3 Å². The molecule has 1 amide bonds. The zero-order valence-corrected chi connectivity index (χ0v) is 10.3. The van der Waals surface area contributed by atoms with Gasteiger partial charge in [-0.25, -0.2) is 9.37 Å². The van der Waals surface area contributed by atoms with Gasteiger partial charge in [-0.15, -0.1) is 0 Å². The number of pyridine rings is 1. The Morgan fingerprint density at radius 3 is 2.78 bits per heavy atom. The van der Waals surface area contributed by atoms with Gasteiger partial charge in [0.1, 0.15) is 11.5 Å². The lowest BCUT2D eigenvalue weighted by atomic mass is 10.2. The molecule has 1 N–H and O–H groups in total. The Kier molecular flexibility index (Phi) is 3.58. The molecule has 0 aliphatic carbocycles. The van der Waals surface area contributed by atoms with Crippen molar-refractivity contribution in [1.82, 2.24) is 4.98 Å². The van der Waals surface area contributed by atoms with Gasteiger partial charge in [0.15, 0.2) is 0 Å². The average Bonchev–Trinajstić information content (AvgIpc) is 2.32. The molecule has 3 nitrogen and oxygen atoms in total. The third-order valence-corrected chi connectivity index (χ3v) is 2.54. The summed E-state index contributed by atoms with van der Waals surface area (Å²) in [5.41, 5.74) is 1.04. The number of hydrogen-bond donors (Lipinski definition) is 1. The van der Waals surface area contributed by atoms with E-state index in [9.17, 15) is 9.18 Å². The van der Waals surface area contributed by atoms with Gasteiger partial charge in [0.2, 0.25) is 0 Å². The molecule has 2 rings (SSSR count). The second kappa shape index (κ2) is 5.14. The molecule has 92 valence electrons. The molecule has 0 unspecified atom stereocenters. The van der Waals surface area contributed by atoms with Crippen LogP contribution in [0, 0.1) is 12.7 Å². The number of amides is 1. The molecule has 2 aromatic rings. The SMILES string of the molecule is Cc1cccc(C(=O)Nc2ccc(Cl)cc2F)n1. The minimum absolute atomic E-state index is 0.0766. The minimum Gasteiger partial charge on any atom is -0.318 e. The number of carbonyl (C=O) groups excluding carboxylic acids is 1. The van der Waals surface area contributed by atoms with Gasteiger partial charge in [-0.2, -0.15) is 0 Å². The van der Waals surface area contributed by atoms with Crippen LogP contribution in [0.3, 0.4) is 0 Å². The van der Waals surface area contributed by atoms with E-state index in [1.54, 1.807) is 25.1 Å². The summed E-state index contributed by atoms with van der Waals surface area (Å²) in [5.74, 6) is -1.04. The minimum atomic E-state index is -0.580. The molecular weight excluding hydrogens is 255 g/mol. The Hall–Kier alpha value is -1.94. The lowest BCUT2D eigenvalue weighted by Gasteiger charge is -2.06. The summed E-state index contributed by atoms with van der Waals surface area (Å²) < 4.78 is 13.5. The van der Waals surface area contributed by atoms with E-state index >= 15 is 0 Å². The normalized spacial score (nSPS) is 10.2. The van der Waals surface area contributed by atoms with Crippen LogP contribution in [-0.2, 0) is 0 Å². The van der Waals surface area contributed by atoms with Gasteiger partial charge in [0.25, 0.3) is 5.91 Å². The molecule has 0 saturated heterocycles. The molecule has 1 heterocycles. The first kappa shape index (κ1) is 12.5. The average molecular weight is 265 g/mol. The Morgan fingerprint density at radius 1 is 1.33 bits per heavy atom. The van der Waals surface area contributed by atoms with Crippen molar-refractivity contribution in [2.75, 3.05) is 5.32 Å². The monoisotopic (exact) mass is 264 g/mol. The third kappa shape index (κ3) is 2.84. The van der Waals surface area contributed by atoms with Crippen LogP contribution in [0.5, 0.6) is 0 Å². The van der Waals surface area contributed by atoms with Gasteiger partial charge in [0, 0.05) is 10.7 Å². The number of nitrogens with one attached hydrogen (secondary N) is 1. The molecule has 0 spiro atoms. The number of carbonyl (C=O) groups is 1. The lowest BCUT2D eigenvalue weighted by molar-refractivity contribution is 0.102. The highest BCUT2D eigenvalue weighted by atomic mass is 35.5. The Morgan fingerprint density at radius 2 is 2.11 bits per heavy atom. The fourth-order valence-electron chi connectivity index (χ4n) is 1.45. The van der Waals surface area contributed by atoms with Crippen LogP contribution in [0.2, 0.25) is 5.02 Å². The van der Waals surface area contributed by atoms with E-state index in [0.717, 1.165) is 11.8 Å². The summed E-state index contributed by atoms with van der Waals surface area (Å²) >= 11 is 5.63. The Bertz CT molecular complexity index is 601. The van der Waals surface area contributed by atoms with Crippen molar-refractivity contribution < 1.29 is 9.18 Å². The van der Waals surface area contributed by atoms with Crippen molar-refractivity contribution >= 4 is 23.2 Å². The van der Waals surface area contributed by atoms with E-state index < -0.39 is 11.7 Å². The zero-order valence-electron chi connectivity index (χ0n) is 9.58. The van der Waals surface area contributed by atoms with Crippen molar-refractivity contribution in [2.24, 2.45) is 0 Å². The second-order valence-corrected chi connectivity index (χ2v) is 4.18. The van der Waals surface area contributed by atoms with E-state index in [1.807, 2.05) is 0 Å². The molecule has 1 aromatic heterocycles. The van der Waals surface area contributed by atoms with Crippen LogP contribution in [-0.4, -0.2) is 10.9 Å². The van der Waals surface area contributed by atoms with E-state index in [-0.39, 0.29) is 16.4 Å². The third-order valence-electron chi connectivity index (χ3n) is 2.30. The number of anilines is 1. The number of nitrogens with zero attached hydrogens (tertiary/aromatic N) is 1. The summed E-state index contributed by atoms with van der Waals surface area (Å²) in [5, 5.41) is 2.72. The maximum Gasteiger partial charge on any atom is 0.274 e. The first-order valence-electron chi connectivity index (χ1n) is 5.26. The fourth-order valence-corrected chi connectivity index (χ4v) is 1.61. The van der Waals surface area contributed by atoms with Crippen LogP contribution in [0.25, 0.3) is 0 Å². The van der Waals surface area contributed by atoms with Crippen molar-refractivity contribution in [3.63, 3.8) is 0 Å². The number of benzene rings is 1. The van der Waals surface area contributed by atoms with Gasteiger partial charge >= 0.3 is 0 Å². The van der Waals surface area contributed by atoms with Crippen LogP contribution >= 0.6 is 11.6 Å². The number of hydrogen-bond acceptors (Lipinski definition) is 2. The topological polar surface area (TPSA) is 42.0 Å². The molecule has 0 radical (unpaired) electrons. The molecular formula is C13H10ClFN2O. The molecule has 0 aliphatic heterocycles. The van der Waals surface area contributed by atoms with E-state index in [1.165, 1.54) is 12.1 Å². The van der Waals surface area contributed by atoms with Crippen molar-refractivity contribution in [3.8, 4) is 0 Å². The first-order chi connectivity index (χ1) is 8.56. The van der Waals surface area contributed by atoms with Crippen LogP contribution in [0.15, 0.2) is 36.4 Å². The highest BCUT2D eigenvalue weighted by molar-refractivity contribution is 6.30. The predicted octanol–water partition coefficient (Wildman–Crippen LogP) is 3.43. The number of aromatic nitrogens is 1. The fraction of sp³-hybridized carbons (Fsp3) is 0.0769. The lowest BCUT2D eigenvalue weighted by Crippen LogP contribution is -2.14. The number of aryl methyl sites for hydroxylation is 1. The smallest absolute Gasteiger partial charge is 0.274 e. The highest BCUT2D eigenvalue weighted by Crippen LogP contribution is 2.19. The van der Waals surface area contributed by atoms with Crippen molar-refractivity contribution in [2.45, 2.75) is 6.92 Å². The molecule has 5 heteroatoms. The summed E-state index contributed by atoms with van der Waals surface area (Å²) in [6.07, 6.45) is 0. The molecule has 0 bridgehead atoms. The summed E-state index contributed by atoms with van der Waals surface area (Å²) in [7, 11) is 0. The summed E-state index contributed by atoms with van der Waals surface area (Å²) in [6.45, 7) is 1.78. The molecule has 1 aromatic carbocycles. The van der Waals surface area contributed by atoms with Gasteiger partial charge in [-0.1, -0.05) is 17.7 Å². The second-order valence-electron chi connectivity index (χ2n) is 3.74. The number of rotatable bonds is 2. The zero-order chi connectivity index (χ0) is 13.1. The highest BCUT2D eigenvalue weighted by Gasteiger charge is 2.10. The Balaban J connectivity index is 2.21. The summed E-state index contributed by atoms with van der Waals surface area (Å²) in [4.78, 5) is 15.9. The number of halogens is 2. The molecule has 18 heavy (non-hydrogen) atoms. The van der Waals surface area contributed by atoms with E-state index in [0.29, 0.717) is 0 Å². The first-order valence-corrected chi connectivity index (χ1v) is 5.64. The summed E-state index contributed by atoms with van der Waals surface area (Å²) in [6, 6.07) is 9.11. The molecule has 0 fully saturated rings. The molecule has 0 aliphatic rings. The molecule has 0 saturated carbocycles. The molecule has 0 atom stereocenters. The van der Waals surface area contributed by atoms with Crippen molar-refractivity contribution in [1.29, 1.82) is 0 Å². The maximum atomic E-state index is 13.5. The Labute approximate surface area is 109 Å². The maximum absolute atomic E-state index is 13.5. The van der Waals surface area contributed by atoms with Crippen LogP contribution in [0.4, 0.5) is 10.1 Å². The van der Waals surface area contributed by atoms with Gasteiger partial charge in [-0.05, 0) is 37.3 Å². The predicted molar refractivity (Wildman–Crippen MR) is 68.3 cm³/mol. The largest absolute Gasteiger partial charge is 0.318 e. The van der Waals surface area contributed by atoms with Crippen molar-refractivity contribution in [3.05, 3.63) is 58.6 Å². The van der Waals surface area contributed by atoms with Gasteiger partial charge in [0.05, 0.1) is 5.69 Å². The van der Waals surface area contributed by atoms with Crippen LogP contribution < -0.4 is 5.32 Å². The standard InChI is InChI=1S/C13H10ClFN2O/c1-8-3-2-4-12(16-8)13(18)17-11-6-5-9(14)7-10(11)15/h2-7H,1H3,(H,17,18). The van der Waals surface area contributed by atoms with Crippen LogP contribution in [0.1, 0.15) is 16.2 Å². The van der Waals surface area contributed by atoms with Gasteiger partial charge < -0.3 is 5.32 Å². The van der Waals surface area contributed by atoms with E-state index in [4.69, 9.17) is 11.6 Å². The van der Waals surface area contributed by atoms with Gasteiger partial charge in [-0.3, -0.25) is 4.79 Å².